The maximum Gasteiger partial charge on any atom is 0.224 e. The molecule has 0 fully saturated rings. The van der Waals surface area contributed by atoms with Crippen molar-refractivity contribution < 1.29 is 9.47 Å². The second kappa shape index (κ2) is 5.42. The summed E-state index contributed by atoms with van der Waals surface area (Å²) in [7, 11) is 0. The van der Waals surface area contributed by atoms with Crippen molar-refractivity contribution in [1.82, 2.24) is 9.97 Å². The number of fused-ring (bicyclic) bond motifs is 1. The van der Waals surface area contributed by atoms with Crippen LogP contribution in [-0.4, -0.2) is 23.2 Å². The molecule has 0 atom stereocenters. The number of rotatable bonds is 2. The number of ether oxygens (including phenoxy) is 2. The highest BCUT2D eigenvalue weighted by Crippen LogP contribution is 2.33. The van der Waals surface area contributed by atoms with Crippen LogP contribution in [0.4, 0.5) is 17.2 Å². The van der Waals surface area contributed by atoms with Crippen LogP contribution in [0, 0.1) is 0 Å². The molecule has 3 N–H and O–H groups in total. The molecule has 3 rings (SSSR count). The molecule has 2 aromatic rings. The van der Waals surface area contributed by atoms with Crippen LogP contribution in [0.25, 0.3) is 0 Å². The fraction of sp³-hybridized carbons (Fsp3) is 0.231. The molecule has 0 spiro atoms. The van der Waals surface area contributed by atoms with E-state index in [1.165, 1.54) is 6.20 Å². The number of nitrogen functional groups attached to an aromatic ring is 1. The minimum atomic E-state index is 0.135. The van der Waals surface area contributed by atoms with E-state index in [9.17, 15) is 0 Å². The van der Waals surface area contributed by atoms with Crippen LogP contribution in [0.15, 0.2) is 24.4 Å². The summed E-state index contributed by atoms with van der Waals surface area (Å²) in [6, 6.07) is 5.56. The van der Waals surface area contributed by atoms with Crippen LogP contribution in [0.1, 0.15) is 6.42 Å². The van der Waals surface area contributed by atoms with Crippen LogP contribution in [0.2, 0.25) is 5.28 Å². The molecule has 20 heavy (non-hydrogen) atoms. The first kappa shape index (κ1) is 12.8. The summed E-state index contributed by atoms with van der Waals surface area (Å²) in [5, 5.41) is 3.22. The molecule has 1 aromatic heterocycles. The van der Waals surface area contributed by atoms with Gasteiger partial charge in [0.2, 0.25) is 5.28 Å². The summed E-state index contributed by atoms with van der Waals surface area (Å²) < 4.78 is 11.2. The first-order valence-electron chi connectivity index (χ1n) is 6.17. The third-order valence-electron chi connectivity index (χ3n) is 2.80. The summed E-state index contributed by atoms with van der Waals surface area (Å²) in [6.45, 7) is 1.30. The number of aromatic nitrogens is 2. The molecule has 7 heteroatoms. The summed E-state index contributed by atoms with van der Waals surface area (Å²) >= 11 is 5.76. The lowest BCUT2D eigenvalue weighted by Gasteiger charge is -2.11. The van der Waals surface area contributed by atoms with E-state index in [0.717, 1.165) is 17.9 Å². The van der Waals surface area contributed by atoms with Gasteiger partial charge in [-0.2, -0.15) is 4.98 Å². The van der Waals surface area contributed by atoms with E-state index in [0.29, 0.717) is 30.5 Å². The van der Waals surface area contributed by atoms with E-state index in [1.807, 2.05) is 18.2 Å². The highest BCUT2D eigenvalue weighted by atomic mass is 35.5. The van der Waals surface area contributed by atoms with Crippen LogP contribution in [0.5, 0.6) is 11.5 Å². The second-order valence-electron chi connectivity index (χ2n) is 4.28. The molecule has 1 aromatic carbocycles. The van der Waals surface area contributed by atoms with E-state index in [4.69, 9.17) is 26.8 Å². The van der Waals surface area contributed by atoms with Crippen molar-refractivity contribution in [3.63, 3.8) is 0 Å². The van der Waals surface area contributed by atoms with E-state index in [2.05, 4.69) is 15.3 Å². The molecule has 104 valence electrons. The van der Waals surface area contributed by atoms with E-state index >= 15 is 0 Å². The van der Waals surface area contributed by atoms with E-state index in [-0.39, 0.29) is 5.28 Å². The molecule has 0 saturated carbocycles. The molecule has 0 saturated heterocycles. The Morgan fingerprint density at radius 1 is 1.20 bits per heavy atom. The fourth-order valence-corrected chi connectivity index (χ4v) is 1.98. The van der Waals surface area contributed by atoms with Crippen molar-refractivity contribution in [2.45, 2.75) is 6.42 Å². The van der Waals surface area contributed by atoms with Gasteiger partial charge in [0, 0.05) is 18.2 Å². The fourth-order valence-electron chi connectivity index (χ4n) is 1.85. The topological polar surface area (TPSA) is 82.3 Å². The Labute approximate surface area is 120 Å². The summed E-state index contributed by atoms with van der Waals surface area (Å²) in [4.78, 5) is 7.85. The number of hydrogen-bond donors (Lipinski definition) is 2. The number of nitrogens with zero attached hydrogens (tertiary/aromatic N) is 2. The zero-order chi connectivity index (χ0) is 13.9. The number of benzene rings is 1. The maximum atomic E-state index is 5.80. The van der Waals surface area contributed by atoms with Gasteiger partial charge in [0.25, 0.3) is 0 Å². The minimum absolute atomic E-state index is 0.135. The normalized spacial score (nSPS) is 13.7. The van der Waals surface area contributed by atoms with Gasteiger partial charge in [0.15, 0.2) is 17.3 Å². The zero-order valence-electron chi connectivity index (χ0n) is 10.6. The Morgan fingerprint density at radius 2 is 2.00 bits per heavy atom. The Kier molecular flexibility index (Phi) is 3.47. The lowest BCUT2D eigenvalue weighted by Crippen LogP contribution is -2.01. The second-order valence-corrected chi connectivity index (χ2v) is 4.62. The first-order valence-corrected chi connectivity index (χ1v) is 6.55. The molecule has 0 unspecified atom stereocenters. The SMILES string of the molecule is Nc1cnc(Cl)nc1Nc1ccc2c(c1)OCCCO2. The highest BCUT2D eigenvalue weighted by molar-refractivity contribution is 6.28. The Bertz CT molecular complexity index is 636. The van der Waals surface area contributed by atoms with Gasteiger partial charge >= 0.3 is 0 Å². The predicted molar refractivity (Wildman–Crippen MR) is 76.8 cm³/mol. The Balaban J connectivity index is 1.87. The van der Waals surface area contributed by atoms with Crippen molar-refractivity contribution in [3.05, 3.63) is 29.7 Å². The molecule has 0 aliphatic carbocycles. The van der Waals surface area contributed by atoms with Gasteiger partial charge in [-0.15, -0.1) is 0 Å². The van der Waals surface area contributed by atoms with Gasteiger partial charge in [-0.1, -0.05) is 0 Å². The van der Waals surface area contributed by atoms with E-state index < -0.39 is 0 Å². The summed E-state index contributed by atoms with van der Waals surface area (Å²) in [5.74, 6) is 1.90. The zero-order valence-corrected chi connectivity index (χ0v) is 11.4. The van der Waals surface area contributed by atoms with Crippen molar-refractivity contribution in [2.75, 3.05) is 24.3 Å². The third kappa shape index (κ3) is 2.70. The van der Waals surface area contributed by atoms with Crippen LogP contribution >= 0.6 is 11.6 Å². The largest absolute Gasteiger partial charge is 0.490 e. The molecular weight excluding hydrogens is 280 g/mol. The van der Waals surface area contributed by atoms with Gasteiger partial charge in [-0.25, -0.2) is 4.98 Å². The molecule has 1 aliphatic rings. The number of anilines is 3. The molecule has 0 amide bonds. The van der Waals surface area contributed by atoms with Gasteiger partial charge in [0.05, 0.1) is 25.1 Å². The van der Waals surface area contributed by atoms with Gasteiger partial charge in [0.1, 0.15) is 0 Å². The molecule has 0 bridgehead atoms. The average molecular weight is 293 g/mol. The number of nitrogens with two attached hydrogens (primary N) is 1. The van der Waals surface area contributed by atoms with Gasteiger partial charge in [-0.05, 0) is 23.7 Å². The summed E-state index contributed by atoms with van der Waals surface area (Å²) in [6.07, 6.45) is 2.33. The molecule has 2 heterocycles. The molecule has 0 radical (unpaired) electrons. The number of hydrogen-bond acceptors (Lipinski definition) is 6. The molecular formula is C13H13ClN4O2. The Morgan fingerprint density at radius 3 is 2.85 bits per heavy atom. The maximum absolute atomic E-state index is 5.80. The van der Waals surface area contributed by atoms with Crippen molar-refractivity contribution in [1.29, 1.82) is 0 Å². The standard InChI is InChI=1S/C13H13ClN4O2/c14-13-16-7-9(15)12(18-13)17-8-2-3-10-11(6-8)20-5-1-4-19-10/h2-3,6-7H,1,4-5,15H2,(H,16,17,18). The minimum Gasteiger partial charge on any atom is -0.490 e. The number of nitrogens with one attached hydrogen (secondary N) is 1. The van der Waals surface area contributed by atoms with Crippen molar-refractivity contribution in [3.8, 4) is 11.5 Å². The Hall–Kier alpha value is -2.21. The highest BCUT2D eigenvalue weighted by Gasteiger charge is 2.11. The van der Waals surface area contributed by atoms with Crippen LogP contribution in [0.3, 0.4) is 0 Å². The van der Waals surface area contributed by atoms with E-state index in [1.54, 1.807) is 0 Å². The lowest BCUT2D eigenvalue weighted by molar-refractivity contribution is 0.297. The quantitative estimate of drug-likeness (QED) is 0.828. The molecule has 1 aliphatic heterocycles. The summed E-state index contributed by atoms with van der Waals surface area (Å²) in [5.41, 5.74) is 7.00. The smallest absolute Gasteiger partial charge is 0.224 e. The van der Waals surface area contributed by atoms with Crippen LogP contribution in [-0.2, 0) is 0 Å². The van der Waals surface area contributed by atoms with Gasteiger partial charge in [-0.3, -0.25) is 0 Å². The van der Waals surface area contributed by atoms with Crippen LogP contribution < -0.4 is 20.5 Å². The average Bonchev–Trinajstić information content (AvgIpc) is 2.67. The predicted octanol–water partition coefficient (Wildman–Crippen LogP) is 2.62. The monoisotopic (exact) mass is 292 g/mol. The number of halogens is 1. The van der Waals surface area contributed by atoms with Gasteiger partial charge < -0.3 is 20.5 Å². The molecule has 6 nitrogen and oxygen atoms in total. The van der Waals surface area contributed by atoms with Crippen molar-refractivity contribution >= 4 is 28.8 Å². The third-order valence-corrected chi connectivity index (χ3v) is 2.98. The van der Waals surface area contributed by atoms with Crippen molar-refractivity contribution in [2.24, 2.45) is 0 Å². The first-order chi connectivity index (χ1) is 9.72. The lowest BCUT2D eigenvalue weighted by atomic mass is 10.2.